The second-order valence-electron chi connectivity index (χ2n) is 4.16. The summed E-state index contributed by atoms with van der Waals surface area (Å²) in [6.07, 6.45) is 1.66. The SMILES string of the molecule is CO/N=C(\C(=O)OC)c1csc(/N=C/c2cccc(OC)c2)n1. The summed E-state index contributed by atoms with van der Waals surface area (Å²) in [5, 5.41) is 5.78. The van der Waals surface area contributed by atoms with E-state index >= 15 is 0 Å². The first-order chi connectivity index (χ1) is 11.2. The van der Waals surface area contributed by atoms with Crippen molar-refractivity contribution in [3.05, 3.63) is 40.9 Å². The van der Waals surface area contributed by atoms with Gasteiger partial charge in [-0.25, -0.2) is 14.8 Å². The zero-order valence-electron chi connectivity index (χ0n) is 12.8. The number of methoxy groups -OCH3 is 2. The molecule has 1 heterocycles. The van der Waals surface area contributed by atoms with Crippen molar-refractivity contribution in [2.24, 2.45) is 10.1 Å². The minimum Gasteiger partial charge on any atom is -0.497 e. The summed E-state index contributed by atoms with van der Waals surface area (Å²) in [7, 11) is 4.21. The minimum absolute atomic E-state index is 0.00548. The van der Waals surface area contributed by atoms with Gasteiger partial charge < -0.3 is 14.3 Å². The molecule has 0 aliphatic carbocycles. The minimum atomic E-state index is -0.625. The molecule has 0 amide bonds. The number of hydrogen-bond donors (Lipinski definition) is 0. The number of carbonyl (C=O) groups is 1. The molecule has 0 N–H and O–H groups in total. The maximum atomic E-state index is 11.6. The molecule has 0 radical (unpaired) electrons. The molecule has 7 nitrogen and oxygen atoms in total. The molecule has 0 aliphatic heterocycles. The van der Waals surface area contributed by atoms with Crippen molar-refractivity contribution in [2.75, 3.05) is 21.3 Å². The molecule has 1 aromatic heterocycles. The first-order valence-corrected chi connectivity index (χ1v) is 7.39. The number of esters is 1. The summed E-state index contributed by atoms with van der Waals surface area (Å²) in [5.41, 5.74) is 1.22. The summed E-state index contributed by atoms with van der Waals surface area (Å²) in [5.74, 6) is 0.120. The van der Waals surface area contributed by atoms with Gasteiger partial charge in [-0.2, -0.15) is 0 Å². The molecule has 0 fully saturated rings. The van der Waals surface area contributed by atoms with Gasteiger partial charge in [0.1, 0.15) is 18.6 Å². The largest absolute Gasteiger partial charge is 0.497 e. The van der Waals surface area contributed by atoms with Gasteiger partial charge in [0.15, 0.2) is 0 Å². The fraction of sp³-hybridized carbons (Fsp3) is 0.200. The molecule has 0 saturated heterocycles. The van der Waals surface area contributed by atoms with Gasteiger partial charge >= 0.3 is 5.97 Å². The van der Waals surface area contributed by atoms with Crippen LogP contribution in [0.1, 0.15) is 11.3 Å². The molecule has 0 unspecified atom stereocenters. The zero-order chi connectivity index (χ0) is 16.7. The lowest BCUT2D eigenvalue weighted by molar-refractivity contribution is -0.132. The van der Waals surface area contributed by atoms with Crippen LogP contribution in [-0.4, -0.2) is 44.2 Å². The number of rotatable bonds is 6. The van der Waals surface area contributed by atoms with Gasteiger partial charge in [0, 0.05) is 11.6 Å². The fourth-order valence-corrected chi connectivity index (χ4v) is 2.31. The van der Waals surface area contributed by atoms with E-state index in [0.717, 1.165) is 11.3 Å². The lowest BCUT2D eigenvalue weighted by atomic mass is 10.2. The molecule has 120 valence electrons. The lowest BCUT2D eigenvalue weighted by Crippen LogP contribution is -2.17. The third-order valence-electron chi connectivity index (χ3n) is 2.71. The van der Waals surface area contributed by atoms with Crippen molar-refractivity contribution in [3.63, 3.8) is 0 Å². The Bertz CT molecular complexity index is 740. The highest BCUT2D eigenvalue weighted by molar-refractivity contribution is 7.13. The molecule has 2 aromatic rings. The van der Waals surface area contributed by atoms with E-state index in [4.69, 9.17) is 4.74 Å². The molecule has 0 atom stereocenters. The third-order valence-corrected chi connectivity index (χ3v) is 3.46. The number of carbonyl (C=O) groups excluding carboxylic acids is 1. The number of benzene rings is 1. The maximum absolute atomic E-state index is 11.6. The number of nitrogens with zero attached hydrogens (tertiary/aromatic N) is 3. The van der Waals surface area contributed by atoms with Gasteiger partial charge in [0.2, 0.25) is 10.8 Å². The average Bonchev–Trinajstić information content (AvgIpc) is 3.06. The molecule has 2 rings (SSSR count). The van der Waals surface area contributed by atoms with E-state index < -0.39 is 5.97 Å². The van der Waals surface area contributed by atoms with Crippen molar-refractivity contribution in [1.29, 1.82) is 0 Å². The van der Waals surface area contributed by atoms with E-state index in [2.05, 4.69) is 24.7 Å². The summed E-state index contributed by atoms with van der Waals surface area (Å²) in [4.78, 5) is 24.8. The number of ether oxygens (including phenoxy) is 2. The molecule has 23 heavy (non-hydrogen) atoms. The molecular weight excluding hydrogens is 318 g/mol. The Kier molecular flexibility index (Phi) is 5.81. The van der Waals surface area contributed by atoms with Crippen LogP contribution < -0.4 is 4.74 Å². The van der Waals surface area contributed by atoms with Crippen LogP contribution in [0, 0.1) is 0 Å². The van der Waals surface area contributed by atoms with Crippen molar-refractivity contribution >= 4 is 34.4 Å². The van der Waals surface area contributed by atoms with Gasteiger partial charge in [-0.15, -0.1) is 11.3 Å². The predicted molar refractivity (Wildman–Crippen MR) is 87.9 cm³/mol. The van der Waals surface area contributed by atoms with Crippen LogP contribution in [-0.2, 0) is 14.4 Å². The topological polar surface area (TPSA) is 82.4 Å². The van der Waals surface area contributed by atoms with Gasteiger partial charge in [-0.3, -0.25) is 0 Å². The quantitative estimate of drug-likeness (QED) is 0.461. The van der Waals surface area contributed by atoms with Crippen LogP contribution in [0.15, 0.2) is 39.8 Å². The molecule has 1 aromatic carbocycles. The number of hydrogen-bond acceptors (Lipinski definition) is 8. The highest BCUT2D eigenvalue weighted by Crippen LogP contribution is 2.20. The van der Waals surface area contributed by atoms with Crippen LogP contribution in [0.2, 0.25) is 0 Å². The lowest BCUT2D eigenvalue weighted by Gasteiger charge is -1.99. The van der Waals surface area contributed by atoms with Gasteiger partial charge in [-0.05, 0) is 17.7 Å². The number of aliphatic imine (C=N–C) groups is 1. The average molecular weight is 333 g/mol. The van der Waals surface area contributed by atoms with E-state index in [1.54, 1.807) is 18.7 Å². The third kappa shape index (κ3) is 4.36. The highest BCUT2D eigenvalue weighted by atomic mass is 32.1. The van der Waals surface area contributed by atoms with Crippen LogP contribution in [0.3, 0.4) is 0 Å². The van der Waals surface area contributed by atoms with Crippen molar-refractivity contribution in [2.45, 2.75) is 0 Å². The first kappa shape index (κ1) is 16.6. The number of thiazole rings is 1. The van der Waals surface area contributed by atoms with Gasteiger partial charge in [0.05, 0.1) is 14.2 Å². The summed E-state index contributed by atoms with van der Waals surface area (Å²) in [6.45, 7) is 0. The smallest absolute Gasteiger partial charge is 0.362 e. The van der Waals surface area contributed by atoms with Crippen molar-refractivity contribution in [1.82, 2.24) is 4.98 Å². The maximum Gasteiger partial charge on any atom is 0.362 e. The Morgan fingerprint density at radius 3 is 2.83 bits per heavy atom. The predicted octanol–water partition coefficient (Wildman–Crippen LogP) is 2.43. The fourth-order valence-electron chi connectivity index (χ4n) is 1.66. The monoisotopic (exact) mass is 333 g/mol. The van der Waals surface area contributed by atoms with E-state index in [1.807, 2.05) is 24.3 Å². The Morgan fingerprint density at radius 1 is 1.30 bits per heavy atom. The Hall–Kier alpha value is -2.74. The van der Waals surface area contributed by atoms with Crippen LogP contribution in [0.4, 0.5) is 5.13 Å². The molecule has 0 bridgehead atoms. The molecular formula is C15H15N3O4S. The molecule has 0 spiro atoms. The van der Waals surface area contributed by atoms with E-state index in [0.29, 0.717) is 10.8 Å². The summed E-state index contributed by atoms with van der Waals surface area (Å²) < 4.78 is 9.80. The van der Waals surface area contributed by atoms with Gasteiger partial charge in [-0.1, -0.05) is 17.3 Å². The second-order valence-corrected chi connectivity index (χ2v) is 5.00. The van der Waals surface area contributed by atoms with E-state index in [-0.39, 0.29) is 5.71 Å². The standard InChI is InChI=1S/C15H15N3O4S/c1-20-11-6-4-5-10(7-11)8-16-15-17-12(9-23-15)13(18-22-3)14(19)21-2/h4-9H,1-3H3/b16-8+,18-13-. The van der Waals surface area contributed by atoms with Crippen LogP contribution in [0.25, 0.3) is 0 Å². The number of aromatic nitrogens is 1. The summed E-state index contributed by atoms with van der Waals surface area (Å²) in [6, 6.07) is 7.47. The Labute approximate surface area is 137 Å². The molecule has 8 heteroatoms. The highest BCUT2D eigenvalue weighted by Gasteiger charge is 2.18. The first-order valence-electron chi connectivity index (χ1n) is 6.51. The van der Waals surface area contributed by atoms with Crippen LogP contribution >= 0.6 is 11.3 Å². The number of oxime groups is 1. The van der Waals surface area contributed by atoms with E-state index in [9.17, 15) is 4.79 Å². The van der Waals surface area contributed by atoms with E-state index in [1.165, 1.54) is 25.6 Å². The second kappa shape index (κ2) is 8.04. The van der Waals surface area contributed by atoms with Crippen molar-refractivity contribution in [3.8, 4) is 5.75 Å². The Balaban J connectivity index is 2.19. The zero-order valence-corrected chi connectivity index (χ0v) is 13.7. The van der Waals surface area contributed by atoms with Crippen molar-refractivity contribution < 1.29 is 19.1 Å². The summed E-state index contributed by atoms with van der Waals surface area (Å²) >= 11 is 1.28. The Morgan fingerprint density at radius 2 is 2.13 bits per heavy atom. The molecule has 0 saturated carbocycles. The van der Waals surface area contributed by atoms with Crippen LogP contribution in [0.5, 0.6) is 5.75 Å². The molecule has 0 aliphatic rings. The van der Waals surface area contributed by atoms with Gasteiger partial charge in [0.25, 0.3) is 0 Å². The normalized spacial score (nSPS) is 11.5.